The molecule has 4 nitrogen and oxygen atoms in total. The third-order valence-corrected chi connectivity index (χ3v) is 5.93. The Morgan fingerprint density at radius 3 is 2.41 bits per heavy atom. The van der Waals surface area contributed by atoms with Gasteiger partial charge in [0, 0.05) is 18.8 Å². The van der Waals surface area contributed by atoms with E-state index in [4.69, 9.17) is 4.74 Å². The number of carbonyl (C=O) groups excluding carboxylic acids is 1. The molecule has 2 aromatic carbocycles. The van der Waals surface area contributed by atoms with Crippen molar-refractivity contribution in [1.82, 2.24) is 5.32 Å². The number of rotatable bonds is 7. The lowest BCUT2D eigenvalue weighted by Crippen LogP contribution is -2.38. The second kappa shape index (κ2) is 9.82. The van der Waals surface area contributed by atoms with Gasteiger partial charge in [-0.15, -0.1) is 0 Å². The van der Waals surface area contributed by atoms with E-state index in [0.717, 1.165) is 42.3 Å². The smallest absolute Gasteiger partial charge is 0.261 e. The highest BCUT2D eigenvalue weighted by Crippen LogP contribution is 2.25. The average molecular weight is 395 g/mol. The summed E-state index contributed by atoms with van der Waals surface area (Å²) in [5.41, 5.74) is 3.49. The molecule has 1 amide bonds. The predicted octanol–water partition coefficient (Wildman–Crippen LogP) is 5.13. The van der Waals surface area contributed by atoms with Gasteiger partial charge in [0.05, 0.1) is 6.04 Å². The first-order chi connectivity index (χ1) is 14.0. The zero-order valence-electron chi connectivity index (χ0n) is 18.2. The van der Waals surface area contributed by atoms with Gasteiger partial charge in [0.25, 0.3) is 5.91 Å². The van der Waals surface area contributed by atoms with Crippen LogP contribution in [0, 0.1) is 5.92 Å². The summed E-state index contributed by atoms with van der Waals surface area (Å²) in [7, 11) is 0. The molecule has 1 saturated heterocycles. The quantitative estimate of drug-likeness (QED) is 0.708. The second-order valence-corrected chi connectivity index (χ2v) is 8.21. The molecule has 0 unspecified atom stereocenters. The Balaban J connectivity index is 1.56. The fourth-order valence-corrected chi connectivity index (χ4v) is 3.81. The molecule has 3 rings (SSSR count). The van der Waals surface area contributed by atoms with Crippen molar-refractivity contribution in [3.8, 4) is 5.75 Å². The van der Waals surface area contributed by atoms with Crippen molar-refractivity contribution in [3.63, 3.8) is 0 Å². The number of hydrogen-bond acceptors (Lipinski definition) is 3. The van der Waals surface area contributed by atoms with Crippen LogP contribution in [0.2, 0.25) is 0 Å². The van der Waals surface area contributed by atoms with Gasteiger partial charge in [-0.05, 0) is 68.4 Å². The van der Waals surface area contributed by atoms with Crippen LogP contribution in [-0.2, 0) is 11.2 Å². The molecule has 2 atom stereocenters. The van der Waals surface area contributed by atoms with Crippen LogP contribution < -0.4 is 15.0 Å². The minimum Gasteiger partial charge on any atom is -0.481 e. The Morgan fingerprint density at radius 1 is 1.10 bits per heavy atom. The van der Waals surface area contributed by atoms with Gasteiger partial charge in [0.2, 0.25) is 0 Å². The molecule has 0 bridgehead atoms. The van der Waals surface area contributed by atoms with Crippen molar-refractivity contribution in [2.24, 2.45) is 5.92 Å². The van der Waals surface area contributed by atoms with Gasteiger partial charge in [0.15, 0.2) is 6.10 Å². The maximum Gasteiger partial charge on any atom is 0.261 e. The summed E-state index contributed by atoms with van der Waals surface area (Å²) >= 11 is 0. The summed E-state index contributed by atoms with van der Waals surface area (Å²) < 4.78 is 5.92. The highest BCUT2D eigenvalue weighted by Gasteiger charge is 2.20. The first kappa shape index (κ1) is 21.2. The number of carbonyl (C=O) groups is 1. The SMILES string of the molecule is CCc1ccccc1O[C@H](C)C(=O)N[C@@H](C)c1ccc(N2CCC(C)CC2)cc1. The van der Waals surface area contributed by atoms with Crippen molar-refractivity contribution in [1.29, 1.82) is 0 Å². The van der Waals surface area contributed by atoms with Gasteiger partial charge in [0.1, 0.15) is 5.75 Å². The lowest BCUT2D eigenvalue weighted by Gasteiger charge is -2.32. The largest absolute Gasteiger partial charge is 0.481 e. The standard InChI is InChI=1S/C25H34N2O2/c1-5-21-8-6-7-9-24(21)29-20(4)25(28)26-19(3)22-10-12-23(13-11-22)27-16-14-18(2)15-17-27/h6-13,18-20H,5,14-17H2,1-4H3,(H,26,28)/t19-,20+/m0/s1. The van der Waals surface area contributed by atoms with Crippen LogP contribution >= 0.6 is 0 Å². The summed E-state index contributed by atoms with van der Waals surface area (Å²) in [6.07, 6.45) is 2.85. The number of para-hydroxylation sites is 1. The Labute approximate surface area is 175 Å². The summed E-state index contributed by atoms with van der Waals surface area (Å²) in [6.45, 7) is 10.5. The van der Waals surface area contributed by atoms with Gasteiger partial charge in [-0.25, -0.2) is 0 Å². The molecular formula is C25H34N2O2. The van der Waals surface area contributed by atoms with E-state index in [0.29, 0.717) is 0 Å². The molecule has 0 aromatic heterocycles. The van der Waals surface area contributed by atoms with Crippen molar-refractivity contribution in [2.75, 3.05) is 18.0 Å². The van der Waals surface area contributed by atoms with E-state index in [1.54, 1.807) is 6.92 Å². The average Bonchev–Trinajstić information content (AvgIpc) is 2.74. The number of hydrogen-bond donors (Lipinski definition) is 1. The third kappa shape index (κ3) is 5.53. The van der Waals surface area contributed by atoms with Crippen molar-refractivity contribution in [2.45, 2.75) is 59.1 Å². The molecule has 0 saturated carbocycles. The highest BCUT2D eigenvalue weighted by atomic mass is 16.5. The minimum atomic E-state index is -0.542. The van der Waals surface area contributed by atoms with E-state index in [9.17, 15) is 4.79 Å². The monoisotopic (exact) mass is 394 g/mol. The van der Waals surface area contributed by atoms with Crippen LogP contribution in [0.4, 0.5) is 5.69 Å². The summed E-state index contributed by atoms with van der Waals surface area (Å²) in [5, 5.41) is 3.08. The number of nitrogens with zero attached hydrogens (tertiary/aromatic N) is 1. The molecule has 0 aliphatic carbocycles. The van der Waals surface area contributed by atoms with Crippen LogP contribution in [0.15, 0.2) is 48.5 Å². The fourth-order valence-electron chi connectivity index (χ4n) is 3.81. The summed E-state index contributed by atoms with van der Waals surface area (Å²) in [5.74, 6) is 1.51. The molecule has 1 N–H and O–H groups in total. The summed E-state index contributed by atoms with van der Waals surface area (Å²) in [4.78, 5) is 15.1. The van der Waals surface area contributed by atoms with E-state index in [1.807, 2.05) is 31.2 Å². The molecule has 1 heterocycles. The first-order valence-corrected chi connectivity index (χ1v) is 10.9. The summed E-state index contributed by atoms with van der Waals surface area (Å²) in [6, 6.07) is 16.4. The number of piperidine rings is 1. The van der Waals surface area contributed by atoms with Gasteiger partial charge >= 0.3 is 0 Å². The number of amides is 1. The van der Waals surface area contributed by atoms with Crippen molar-refractivity contribution in [3.05, 3.63) is 59.7 Å². The number of ether oxygens (including phenoxy) is 1. The van der Waals surface area contributed by atoms with Crippen molar-refractivity contribution >= 4 is 11.6 Å². The predicted molar refractivity (Wildman–Crippen MR) is 120 cm³/mol. The topological polar surface area (TPSA) is 41.6 Å². The molecule has 0 radical (unpaired) electrons. The van der Waals surface area contributed by atoms with Crippen LogP contribution in [0.1, 0.15) is 57.7 Å². The van der Waals surface area contributed by atoms with E-state index in [-0.39, 0.29) is 11.9 Å². The maximum atomic E-state index is 12.6. The number of aryl methyl sites for hydroxylation is 1. The van der Waals surface area contributed by atoms with Crippen LogP contribution in [-0.4, -0.2) is 25.1 Å². The molecule has 156 valence electrons. The zero-order valence-corrected chi connectivity index (χ0v) is 18.2. The third-order valence-electron chi connectivity index (χ3n) is 5.93. The first-order valence-electron chi connectivity index (χ1n) is 10.9. The van der Waals surface area contributed by atoms with Crippen LogP contribution in [0.5, 0.6) is 5.75 Å². The Kier molecular flexibility index (Phi) is 7.18. The minimum absolute atomic E-state index is 0.0644. The molecular weight excluding hydrogens is 360 g/mol. The lowest BCUT2D eigenvalue weighted by atomic mass is 9.98. The van der Waals surface area contributed by atoms with E-state index in [1.165, 1.54) is 18.5 Å². The number of nitrogens with one attached hydrogen (secondary N) is 1. The molecule has 2 aromatic rings. The van der Waals surface area contributed by atoms with Gasteiger partial charge in [-0.1, -0.05) is 44.2 Å². The molecule has 1 aliphatic rings. The molecule has 1 aliphatic heterocycles. The highest BCUT2D eigenvalue weighted by molar-refractivity contribution is 5.81. The van der Waals surface area contributed by atoms with Crippen LogP contribution in [0.25, 0.3) is 0 Å². The van der Waals surface area contributed by atoms with E-state index >= 15 is 0 Å². The fraction of sp³-hybridized carbons (Fsp3) is 0.480. The van der Waals surface area contributed by atoms with E-state index in [2.05, 4.69) is 48.3 Å². The van der Waals surface area contributed by atoms with Gasteiger partial charge in [-0.3, -0.25) is 4.79 Å². The Hall–Kier alpha value is -2.49. The lowest BCUT2D eigenvalue weighted by molar-refractivity contribution is -0.127. The Morgan fingerprint density at radius 2 is 1.76 bits per heavy atom. The van der Waals surface area contributed by atoms with Gasteiger partial charge < -0.3 is 15.0 Å². The van der Waals surface area contributed by atoms with E-state index < -0.39 is 6.10 Å². The maximum absolute atomic E-state index is 12.6. The van der Waals surface area contributed by atoms with Gasteiger partial charge in [-0.2, -0.15) is 0 Å². The molecule has 0 spiro atoms. The Bertz CT molecular complexity index is 795. The number of benzene rings is 2. The number of anilines is 1. The molecule has 29 heavy (non-hydrogen) atoms. The second-order valence-electron chi connectivity index (χ2n) is 8.21. The molecule has 1 fully saturated rings. The molecule has 4 heteroatoms. The van der Waals surface area contributed by atoms with Crippen LogP contribution in [0.3, 0.4) is 0 Å². The zero-order chi connectivity index (χ0) is 20.8. The normalized spacial score (nSPS) is 16.9. The van der Waals surface area contributed by atoms with Crippen molar-refractivity contribution < 1.29 is 9.53 Å².